The van der Waals surface area contributed by atoms with Crippen LogP contribution in [0, 0.1) is 18.3 Å². The molecule has 0 amide bonds. The number of carbonyl (C=O) groups is 1. The standard InChI is InChI=1S/C23H29N5.CH2O2/c1-5-6-10-17-16(2)18(15-24)22-25-19-11-7-8-12-20(19)28(22)23(17)27-14-9-13-21(27)26(3)4;2-1-3/h7-8,11-12,21H,5-6,9-10,13-14H2,1-4H3;1H,(H,2,3). The average molecular weight is 422 g/mol. The maximum Gasteiger partial charge on any atom is 0.290 e. The third-order valence-electron chi connectivity index (χ3n) is 6.08. The fourth-order valence-electron chi connectivity index (χ4n) is 4.65. The lowest BCUT2D eigenvalue weighted by molar-refractivity contribution is -0.122. The molecule has 7 heteroatoms. The van der Waals surface area contributed by atoms with Crippen molar-refractivity contribution in [2.75, 3.05) is 25.5 Å². The quantitative estimate of drug-likeness (QED) is 0.622. The molecule has 1 N–H and O–H groups in total. The maximum absolute atomic E-state index is 9.96. The molecule has 31 heavy (non-hydrogen) atoms. The Labute approximate surface area is 183 Å². The van der Waals surface area contributed by atoms with Gasteiger partial charge < -0.3 is 10.0 Å². The smallest absolute Gasteiger partial charge is 0.290 e. The van der Waals surface area contributed by atoms with Gasteiger partial charge in [0.2, 0.25) is 0 Å². The first kappa shape index (κ1) is 22.6. The van der Waals surface area contributed by atoms with Crippen molar-refractivity contribution in [1.29, 1.82) is 5.26 Å². The molecule has 0 aliphatic carbocycles. The van der Waals surface area contributed by atoms with E-state index in [1.165, 1.54) is 17.8 Å². The molecule has 0 radical (unpaired) electrons. The van der Waals surface area contributed by atoms with Crippen LogP contribution in [0.3, 0.4) is 0 Å². The number of hydrogen-bond donors (Lipinski definition) is 1. The summed E-state index contributed by atoms with van der Waals surface area (Å²) in [6.45, 7) is 5.12. The van der Waals surface area contributed by atoms with Crippen LogP contribution in [0.25, 0.3) is 16.7 Å². The number of imidazole rings is 1. The largest absolute Gasteiger partial charge is 0.483 e. The molecule has 2 aromatic heterocycles. The SMILES string of the molecule is CCCCc1c(C)c(C#N)c2nc3ccccc3n2c1N1CCCC1N(C)C.O=CO. The summed E-state index contributed by atoms with van der Waals surface area (Å²) >= 11 is 0. The Bertz CT molecular complexity index is 1110. The summed E-state index contributed by atoms with van der Waals surface area (Å²) in [5.74, 6) is 1.24. The molecule has 1 aliphatic rings. The molecule has 7 nitrogen and oxygen atoms in total. The van der Waals surface area contributed by atoms with E-state index in [0.717, 1.165) is 54.5 Å². The van der Waals surface area contributed by atoms with Crippen molar-refractivity contribution in [2.45, 2.75) is 52.1 Å². The summed E-state index contributed by atoms with van der Waals surface area (Å²) in [4.78, 5) is 18.1. The molecule has 1 aliphatic heterocycles. The van der Waals surface area contributed by atoms with E-state index in [1.54, 1.807) is 0 Å². The Morgan fingerprint density at radius 3 is 2.71 bits per heavy atom. The molecule has 0 spiro atoms. The molecule has 1 saturated heterocycles. The first-order valence-electron chi connectivity index (χ1n) is 10.8. The van der Waals surface area contributed by atoms with Gasteiger partial charge in [-0.05, 0) is 70.0 Å². The van der Waals surface area contributed by atoms with Crippen molar-refractivity contribution >= 4 is 29.0 Å². The van der Waals surface area contributed by atoms with Gasteiger partial charge in [0.1, 0.15) is 11.9 Å². The number of aromatic nitrogens is 2. The number of hydrogen-bond acceptors (Lipinski definition) is 5. The number of unbranched alkanes of at least 4 members (excludes halogenated alkanes) is 1. The Balaban J connectivity index is 0.000000858. The number of pyridine rings is 1. The summed E-state index contributed by atoms with van der Waals surface area (Å²) in [5.41, 5.74) is 5.95. The molecule has 3 aromatic rings. The average Bonchev–Trinajstić information content (AvgIpc) is 3.38. The normalized spacial score (nSPS) is 15.9. The van der Waals surface area contributed by atoms with Gasteiger partial charge in [-0.25, -0.2) is 4.98 Å². The molecule has 3 heterocycles. The Morgan fingerprint density at radius 2 is 2.06 bits per heavy atom. The number of fused-ring (bicyclic) bond motifs is 3. The predicted octanol–water partition coefficient (Wildman–Crippen LogP) is 4.20. The van der Waals surface area contributed by atoms with Crippen molar-refractivity contribution in [1.82, 2.24) is 14.3 Å². The van der Waals surface area contributed by atoms with Gasteiger partial charge in [0.25, 0.3) is 6.47 Å². The number of benzene rings is 1. The predicted molar refractivity (Wildman–Crippen MR) is 124 cm³/mol. The molecule has 1 unspecified atom stereocenters. The zero-order chi connectivity index (χ0) is 22.5. The maximum atomic E-state index is 9.96. The summed E-state index contributed by atoms with van der Waals surface area (Å²) in [7, 11) is 4.32. The van der Waals surface area contributed by atoms with Gasteiger partial charge in [-0.3, -0.25) is 14.1 Å². The van der Waals surface area contributed by atoms with E-state index < -0.39 is 0 Å². The highest BCUT2D eigenvalue weighted by atomic mass is 16.3. The fraction of sp³-hybridized carbons (Fsp3) is 0.458. The van der Waals surface area contributed by atoms with Crippen molar-refractivity contribution in [3.8, 4) is 6.07 Å². The van der Waals surface area contributed by atoms with Crippen LogP contribution in [0.4, 0.5) is 5.82 Å². The highest BCUT2D eigenvalue weighted by Crippen LogP contribution is 2.37. The second-order valence-electron chi connectivity index (χ2n) is 8.16. The van der Waals surface area contributed by atoms with Gasteiger partial charge in [-0.2, -0.15) is 5.26 Å². The molecule has 1 aromatic carbocycles. The van der Waals surface area contributed by atoms with Gasteiger partial charge in [-0.15, -0.1) is 0 Å². The minimum Gasteiger partial charge on any atom is -0.483 e. The van der Waals surface area contributed by atoms with Crippen LogP contribution in [0.5, 0.6) is 0 Å². The van der Waals surface area contributed by atoms with Crippen molar-refractivity contribution in [3.63, 3.8) is 0 Å². The van der Waals surface area contributed by atoms with Crippen LogP contribution < -0.4 is 4.90 Å². The molecule has 0 saturated carbocycles. The van der Waals surface area contributed by atoms with Crippen molar-refractivity contribution in [2.24, 2.45) is 0 Å². The number of rotatable bonds is 5. The minimum atomic E-state index is -0.250. The van der Waals surface area contributed by atoms with E-state index in [2.05, 4.69) is 60.3 Å². The second kappa shape index (κ2) is 9.80. The van der Waals surface area contributed by atoms with Gasteiger partial charge in [0.05, 0.1) is 22.8 Å². The van der Waals surface area contributed by atoms with E-state index in [0.29, 0.717) is 11.7 Å². The van der Waals surface area contributed by atoms with E-state index in [-0.39, 0.29) is 6.47 Å². The lowest BCUT2D eigenvalue weighted by Gasteiger charge is -2.34. The van der Waals surface area contributed by atoms with Gasteiger partial charge >= 0.3 is 0 Å². The summed E-state index contributed by atoms with van der Waals surface area (Å²) < 4.78 is 2.26. The second-order valence-corrected chi connectivity index (χ2v) is 8.16. The molecule has 4 rings (SSSR count). The van der Waals surface area contributed by atoms with Crippen LogP contribution in [0.15, 0.2) is 24.3 Å². The lowest BCUT2D eigenvalue weighted by atomic mass is 9.99. The Morgan fingerprint density at radius 1 is 1.35 bits per heavy atom. The number of para-hydroxylation sites is 2. The molecular formula is C24H31N5O2. The zero-order valence-electron chi connectivity index (χ0n) is 18.8. The number of nitriles is 1. The number of carboxylic acid groups (broad SMARTS) is 1. The minimum absolute atomic E-state index is 0.250. The number of anilines is 1. The molecular weight excluding hydrogens is 390 g/mol. The van der Waals surface area contributed by atoms with Crippen LogP contribution in [0.1, 0.15) is 49.3 Å². The lowest BCUT2D eigenvalue weighted by Crippen LogP contribution is -2.42. The van der Waals surface area contributed by atoms with Crippen LogP contribution in [0.2, 0.25) is 0 Å². The summed E-state index contributed by atoms with van der Waals surface area (Å²) in [6.07, 6.45) is 5.97. The van der Waals surface area contributed by atoms with Crippen molar-refractivity contribution < 1.29 is 9.90 Å². The summed E-state index contributed by atoms with van der Waals surface area (Å²) in [6, 6.07) is 10.7. The number of nitrogens with zero attached hydrogens (tertiary/aromatic N) is 5. The molecule has 0 bridgehead atoms. The highest BCUT2D eigenvalue weighted by molar-refractivity contribution is 5.86. The molecule has 1 atom stereocenters. The van der Waals surface area contributed by atoms with E-state index in [1.807, 2.05) is 12.1 Å². The van der Waals surface area contributed by atoms with Crippen LogP contribution >= 0.6 is 0 Å². The molecule has 164 valence electrons. The first-order chi connectivity index (χ1) is 15.0. The zero-order valence-corrected chi connectivity index (χ0v) is 18.8. The van der Waals surface area contributed by atoms with Gasteiger partial charge in [-0.1, -0.05) is 25.5 Å². The van der Waals surface area contributed by atoms with Crippen LogP contribution in [-0.4, -0.2) is 52.7 Å². The van der Waals surface area contributed by atoms with E-state index in [9.17, 15) is 5.26 Å². The Kier molecular flexibility index (Phi) is 7.13. The first-order valence-corrected chi connectivity index (χ1v) is 10.8. The fourth-order valence-corrected chi connectivity index (χ4v) is 4.65. The van der Waals surface area contributed by atoms with Gasteiger partial charge in [0, 0.05) is 6.54 Å². The van der Waals surface area contributed by atoms with E-state index in [4.69, 9.17) is 14.9 Å². The topological polar surface area (TPSA) is 84.9 Å². The Hall–Kier alpha value is -3.11. The summed E-state index contributed by atoms with van der Waals surface area (Å²) in [5, 5.41) is 16.9. The van der Waals surface area contributed by atoms with E-state index >= 15 is 0 Å². The third-order valence-corrected chi connectivity index (χ3v) is 6.08. The monoisotopic (exact) mass is 421 g/mol. The highest BCUT2D eigenvalue weighted by Gasteiger charge is 2.32. The van der Waals surface area contributed by atoms with Gasteiger partial charge in [0.15, 0.2) is 5.65 Å². The molecule has 1 fully saturated rings. The van der Waals surface area contributed by atoms with Crippen LogP contribution in [-0.2, 0) is 11.2 Å². The van der Waals surface area contributed by atoms with Crippen molar-refractivity contribution in [3.05, 3.63) is 41.0 Å². The third kappa shape index (κ3) is 4.08.